The van der Waals surface area contributed by atoms with Crippen LogP contribution in [-0.4, -0.2) is 37.1 Å². The first kappa shape index (κ1) is 15.9. The van der Waals surface area contributed by atoms with Gasteiger partial charge in [0.15, 0.2) is 5.79 Å². The first-order chi connectivity index (χ1) is 10.7. The Bertz CT molecular complexity index is 477. The molecule has 2 saturated heterocycles. The molecule has 1 aromatic carbocycles. The molecule has 0 bridgehead atoms. The lowest BCUT2D eigenvalue weighted by Crippen LogP contribution is -2.35. The van der Waals surface area contributed by atoms with Crippen LogP contribution in [0.25, 0.3) is 0 Å². The quantitative estimate of drug-likeness (QED) is 0.808. The second kappa shape index (κ2) is 6.62. The summed E-state index contributed by atoms with van der Waals surface area (Å²) in [7, 11) is 0. The summed E-state index contributed by atoms with van der Waals surface area (Å²) >= 11 is 0. The van der Waals surface area contributed by atoms with E-state index in [1.807, 2.05) is 44.2 Å². The van der Waals surface area contributed by atoms with Gasteiger partial charge < -0.3 is 18.9 Å². The Hall–Kier alpha value is -1.01. The predicted molar refractivity (Wildman–Crippen MR) is 78.9 cm³/mol. The first-order valence-electron chi connectivity index (χ1n) is 7.94. The normalized spacial score (nSPS) is 33.0. The van der Waals surface area contributed by atoms with Crippen molar-refractivity contribution in [2.75, 3.05) is 6.61 Å². The third-order valence-electron chi connectivity index (χ3n) is 4.43. The predicted octanol–water partition coefficient (Wildman–Crippen LogP) is 3.20. The molecule has 0 N–H and O–H groups in total. The van der Waals surface area contributed by atoms with Gasteiger partial charge in [-0.05, 0) is 18.4 Å². The van der Waals surface area contributed by atoms with Gasteiger partial charge in [-0.25, -0.2) is 4.39 Å². The monoisotopic (exact) mass is 310 g/mol. The molecule has 0 aromatic heterocycles. The smallest absolute Gasteiger partial charge is 0.228 e. The van der Waals surface area contributed by atoms with Crippen LogP contribution >= 0.6 is 0 Å². The van der Waals surface area contributed by atoms with E-state index in [1.165, 1.54) is 0 Å². The molecule has 2 heterocycles. The van der Waals surface area contributed by atoms with Crippen molar-refractivity contribution in [2.24, 2.45) is 0 Å². The molecule has 3 rings (SSSR count). The van der Waals surface area contributed by atoms with Gasteiger partial charge in [0, 0.05) is 0 Å². The summed E-state index contributed by atoms with van der Waals surface area (Å²) in [4.78, 5) is 0. The summed E-state index contributed by atoms with van der Waals surface area (Å²) in [5, 5.41) is 0. The molecule has 0 unspecified atom stereocenters. The molecule has 5 heteroatoms. The Labute approximate surface area is 130 Å². The fourth-order valence-corrected chi connectivity index (χ4v) is 3.05. The van der Waals surface area contributed by atoms with Gasteiger partial charge in [-0.2, -0.15) is 0 Å². The van der Waals surface area contributed by atoms with E-state index in [0.29, 0.717) is 26.1 Å². The molecule has 2 aliphatic heterocycles. The number of benzene rings is 1. The van der Waals surface area contributed by atoms with Gasteiger partial charge >= 0.3 is 0 Å². The largest absolute Gasteiger partial charge is 0.374 e. The van der Waals surface area contributed by atoms with Gasteiger partial charge in [0.05, 0.1) is 13.2 Å². The average Bonchev–Trinajstić information content (AvgIpc) is 3.07. The van der Waals surface area contributed by atoms with Crippen LogP contribution in [0.3, 0.4) is 0 Å². The van der Waals surface area contributed by atoms with Gasteiger partial charge in [-0.1, -0.05) is 44.2 Å². The molecule has 0 amide bonds. The van der Waals surface area contributed by atoms with E-state index in [4.69, 9.17) is 18.9 Å². The minimum Gasteiger partial charge on any atom is -0.374 e. The van der Waals surface area contributed by atoms with Crippen molar-refractivity contribution in [3.63, 3.8) is 0 Å². The highest BCUT2D eigenvalue weighted by molar-refractivity contribution is 5.13. The Kier molecular flexibility index (Phi) is 4.78. The molecule has 0 radical (unpaired) electrons. The van der Waals surface area contributed by atoms with Crippen LogP contribution in [0.2, 0.25) is 0 Å². The highest BCUT2D eigenvalue weighted by atomic mass is 19.1. The van der Waals surface area contributed by atoms with Gasteiger partial charge in [-0.3, -0.25) is 0 Å². The van der Waals surface area contributed by atoms with Crippen LogP contribution in [-0.2, 0) is 25.6 Å². The van der Waals surface area contributed by atoms with Gasteiger partial charge in [-0.15, -0.1) is 0 Å². The summed E-state index contributed by atoms with van der Waals surface area (Å²) in [5.74, 6) is -0.679. The molecule has 0 spiro atoms. The lowest BCUT2D eigenvalue weighted by molar-refractivity contribution is -0.229. The molecular formula is C17H23FO4. The Morgan fingerprint density at radius 3 is 2.45 bits per heavy atom. The Morgan fingerprint density at radius 2 is 1.77 bits per heavy atom. The summed E-state index contributed by atoms with van der Waals surface area (Å²) in [6, 6.07) is 9.86. The third-order valence-corrected chi connectivity index (χ3v) is 4.43. The molecule has 22 heavy (non-hydrogen) atoms. The summed E-state index contributed by atoms with van der Waals surface area (Å²) in [6.07, 6.45) is -1.53. The van der Waals surface area contributed by atoms with Gasteiger partial charge in [0.2, 0.25) is 6.36 Å². The van der Waals surface area contributed by atoms with Crippen LogP contribution in [0.15, 0.2) is 30.3 Å². The number of rotatable bonds is 6. The minimum absolute atomic E-state index is 0.295. The van der Waals surface area contributed by atoms with E-state index in [9.17, 15) is 4.39 Å². The first-order valence-corrected chi connectivity index (χ1v) is 7.94. The van der Waals surface area contributed by atoms with Crippen molar-refractivity contribution in [3.05, 3.63) is 35.9 Å². The highest BCUT2D eigenvalue weighted by Crippen LogP contribution is 2.42. The van der Waals surface area contributed by atoms with Crippen LogP contribution in [0.5, 0.6) is 0 Å². The van der Waals surface area contributed by atoms with E-state index in [-0.39, 0.29) is 0 Å². The van der Waals surface area contributed by atoms with Gasteiger partial charge in [0.1, 0.15) is 18.3 Å². The zero-order valence-electron chi connectivity index (χ0n) is 13.0. The van der Waals surface area contributed by atoms with Crippen molar-refractivity contribution in [1.82, 2.24) is 0 Å². The van der Waals surface area contributed by atoms with E-state index in [0.717, 1.165) is 5.56 Å². The highest BCUT2D eigenvalue weighted by Gasteiger charge is 2.57. The standard InChI is InChI=1S/C17H23FO4/c1-3-17(4-2)21-14-13(20-16(18)15(14)22-17)11-19-10-12-8-6-5-7-9-12/h5-9,13-16H,3-4,10-11H2,1-2H3/t13-,14-,15-,16-/m1/s1. The average molecular weight is 310 g/mol. The molecule has 4 atom stereocenters. The molecule has 122 valence electrons. The second-order valence-corrected chi connectivity index (χ2v) is 5.81. The number of hydrogen-bond acceptors (Lipinski definition) is 4. The van der Waals surface area contributed by atoms with Crippen molar-refractivity contribution in [3.8, 4) is 0 Å². The second-order valence-electron chi connectivity index (χ2n) is 5.81. The van der Waals surface area contributed by atoms with E-state index in [2.05, 4.69) is 0 Å². The van der Waals surface area contributed by atoms with Crippen LogP contribution in [0.1, 0.15) is 32.3 Å². The van der Waals surface area contributed by atoms with Crippen LogP contribution in [0, 0.1) is 0 Å². The van der Waals surface area contributed by atoms with E-state index < -0.39 is 30.5 Å². The van der Waals surface area contributed by atoms with E-state index >= 15 is 0 Å². The summed E-state index contributed by atoms with van der Waals surface area (Å²) in [5.41, 5.74) is 1.08. The maximum Gasteiger partial charge on any atom is 0.228 e. The SMILES string of the molecule is CCC1(CC)O[C@@H]2[C@H](O1)[C@@H](COCc1ccccc1)O[C@H]2F. The molecule has 4 nitrogen and oxygen atoms in total. The number of halogens is 1. The van der Waals surface area contributed by atoms with Gasteiger partial charge in [0.25, 0.3) is 0 Å². The topological polar surface area (TPSA) is 36.9 Å². The van der Waals surface area contributed by atoms with Crippen molar-refractivity contribution in [2.45, 2.75) is 63.8 Å². The Morgan fingerprint density at radius 1 is 1.09 bits per heavy atom. The van der Waals surface area contributed by atoms with E-state index in [1.54, 1.807) is 0 Å². The molecule has 0 saturated carbocycles. The summed E-state index contributed by atoms with van der Waals surface area (Å²) < 4.78 is 36.8. The zero-order chi connectivity index (χ0) is 15.6. The lowest BCUT2D eigenvalue weighted by atomic mass is 10.1. The maximum absolute atomic E-state index is 14.0. The molecule has 2 aliphatic rings. The molecule has 1 aromatic rings. The lowest BCUT2D eigenvalue weighted by Gasteiger charge is -2.27. The Balaban J connectivity index is 1.56. The van der Waals surface area contributed by atoms with Crippen molar-refractivity contribution < 1.29 is 23.3 Å². The fraction of sp³-hybridized carbons (Fsp3) is 0.647. The zero-order valence-corrected chi connectivity index (χ0v) is 13.0. The minimum atomic E-state index is -1.45. The maximum atomic E-state index is 14.0. The summed E-state index contributed by atoms with van der Waals surface area (Å²) in [6.45, 7) is 4.74. The number of fused-ring (bicyclic) bond motifs is 1. The van der Waals surface area contributed by atoms with Crippen LogP contribution in [0.4, 0.5) is 4.39 Å². The molecular weight excluding hydrogens is 287 g/mol. The number of hydrogen-bond donors (Lipinski definition) is 0. The third kappa shape index (κ3) is 3.04. The van der Waals surface area contributed by atoms with Crippen molar-refractivity contribution in [1.29, 1.82) is 0 Å². The fourth-order valence-electron chi connectivity index (χ4n) is 3.05. The molecule has 0 aliphatic carbocycles. The van der Waals surface area contributed by atoms with Crippen molar-refractivity contribution >= 4 is 0 Å². The molecule has 2 fully saturated rings. The number of alkyl halides is 1. The number of ether oxygens (including phenoxy) is 4. The van der Waals surface area contributed by atoms with Crippen LogP contribution < -0.4 is 0 Å².